The molecule has 0 heterocycles. The highest BCUT2D eigenvalue weighted by atomic mass is 32.1. The standard InChI is InChI=1S/C12H26.C7H16S.C4H10.5C2H6/c1-7-10(3)11(8-2)9-12(4,5)6;1-3-4-5-6-7(2)8;1-4(2)3;5*1-2/h10-11H,7-9H2,1-6H3;7-8H,3-6H2,1-2H3;4H,1-3H3;5*1-2H3. The van der Waals surface area contributed by atoms with Crippen LogP contribution in [0.25, 0.3) is 0 Å². The van der Waals surface area contributed by atoms with Gasteiger partial charge in [-0.25, -0.2) is 0 Å². The normalized spacial score (nSPS) is 11.4. The van der Waals surface area contributed by atoms with Crippen LogP contribution in [0.3, 0.4) is 0 Å². The van der Waals surface area contributed by atoms with Gasteiger partial charge in [-0.2, -0.15) is 12.6 Å². The number of thiol groups is 1. The highest BCUT2D eigenvalue weighted by molar-refractivity contribution is 7.80. The van der Waals surface area contributed by atoms with Crippen LogP contribution in [0.4, 0.5) is 0 Å². The van der Waals surface area contributed by atoms with Crippen molar-refractivity contribution in [2.45, 2.75) is 196 Å². The van der Waals surface area contributed by atoms with Crippen molar-refractivity contribution in [1.82, 2.24) is 0 Å². The molecule has 3 atom stereocenters. The van der Waals surface area contributed by atoms with Crippen molar-refractivity contribution >= 4 is 12.6 Å². The molecule has 220 valence electrons. The molecule has 0 radical (unpaired) electrons. The minimum absolute atomic E-state index is 0.504. The molecule has 0 aromatic rings. The van der Waals surface area contributed by atoms with E-state index in [0.29, 0.717) is 10.7 Å². The number of hydrogen-bond acceptors (Lipinski definition) is 1. The van der Waals surface area contributed by atoms with Crippen LogP contribution in [0.2, 0.25) is 0 Å². The highest BCUT2D eigenvalue weighted by Crippen LogP contribution is 2.32. The fraction of sp³-hybridized carbons (Fsp3) is 1.00. The van der Waals surface area contributed by atoms with E-state index in [1.807, 2.05) is 69.2 Å². The second kappa shape index (κ2) is 54.3. The lowest BCUT2D eigenvalue weighted by Gasteiger charge is -2.29. The first-order valence-electron chi connectivity index (χ1n) is 15.6. The van der Waals surface area contributed by atoms with Crippen molar-refractivity contribution in [2.75, 3.05) is 0 Å². The fourth-order valence-electron chi connectivity index (χ4n) is 2.56. The van der Waals surface area contributed by atoms with E-state index in [2.05, 4.69) is 88.8 Å². The molecule has 0 rings (SSSR count). The van der Waals surface area contributed by atoms with Gasteiger partial charge in [-0.15, -0.1) is 0 Å². The predicted molar refractivity (Wildman–Crippen MR) is 177 cm³/mol. The molecule has 1 heteroatoms. The zero-order valence-electron chi connectivity index (χ0n) is 29.2. The summed E-state index contributed by atoms with van der Waals surface area (Å²) in [6, 6.07) is 0. The van der Waals surface area contributed by atoms with Gasteiger partial charge in [-0.3, -0.25) is 0 Å². The van der Waals surface area contributed by atoms with E-state index in [9.17, 15) is 0 Å². The van der Waals surface area contributed by atoms with Gasteiger partial charge < -0.3 is 0 Å². The quantitative estimate of drug-likeness (QED) is 0.243. The molecule has 0 saturated carbocycles. The van der Waals surface area contributed by atoms with Crippen LogP contribution >= 0.6 is 12.6 Å². The molecule has 3 unspecified atom stereocenters. The van der Waals surface area contributed by atoms with Crippen molar-refractivity contribution in [3.8, 4) is 0 Å². The highest BCUT2D eigenvalue weighted by Gasteiger charge is 2.20. The zero-order valence-corrected chi connectivity index (χ0v) is 30.1. The maximum absolute atomic E-state index is 4.27. The van der Waals surface area contributed by atoms with E-state index < -0.39 is 0 Å². The predicted octanol–water partition coefficient (Wildman–Crippen LogP) is 14.2. The third-order valence-corrected chi connectivity index (χ3v) is 4.33. The Kier molecular flexibility index (Phi) is 87.9. The van der Waals surface area contributed by atoms with Crippen LogP contribution in [-0.4, -0.2) is 5.25 Å². The van der Waals surface area contributed by atoms with Crippen molar-refractivity contribution in [3.05, 3.63) is 0 Å². The van der Waals surface area contributed by atoms with Crippen LogP contribution in [0.15, 0.2) is 0 Å². The third-order valence-electron chi connectivity index (χ3n) is 4.07. The monoisotopic (exact) mass is 511 g/mol. The zero-order chi connectivity index (χ0) is 29.8. The van der Waals surface area contributed by atoms with Gasteiger partial charge in [0.05, 0.1) is 0 Å². The molecule has 0 aliphatic rings. The first kappa shape index (κ1) is 55.0. The summed E-state index contributed by atoms with van der Waals surface area (Å²) in [6.45, 7) is 44.9. The summed E-state index contributed by atoms with van der Waals surface area (Å²) in [5.41, 5.74) is 0.504. The second-order valence-electron chi connectivity index (χ2n) is 9.40. The minimum atomic E-state index is 0.504. The average Bonchev–Trinajstić information content (AvgIpc) is 2.83. The summed E-state index contributed by atoms with van der Waals surface area (Å²) in [5.74, 6) is 2.66. The summed E-state index contributed by atoms with van der Waals surface area (Å²) in [6.07, 6.45) is 9.35. The first-order valence-corrected chi connectivity index (χ1v) is 16.1. The molecule has 0 aromatic heterocycles. The van der Waals surface area contributed by atoms with E-state index in [1.54, 1.807) is 0 Å². The van der Waals surface area contributed by atoms with Gasteiger partial charge >= 0.3 is 0 Å². The second-order valence-corrected chi connectivity index (χ2v) is 10.3. The maximum Gasteiger partial charge on any atom is -0.00116 e. The van der Waals surface area contributed by atoms with Crippen LogP contribution in [0, 0.1) is 23.2 Å². The smallest absolute Gasteiger partial charge is 0.00116 e. The minimum Gasteiger partial charge on any atom is -0.176 e. The molecule has 0 bridgehead atoms. The summed E-state index contributed by atoms with van der Waals surface area (Å²) in [4.78, 5) is 0. The Morgan fingerprint density at radius 3 is 1.09 bits per heavy atom. The number of unbranched alkanes of at least 4 members (excludes halogenated alkanes) is 2. The number of hydrogen-bond donors (Lipinski definition) is 1. The van der Waals surface area contributed by atoms with Crippen molar-refractivity contribution in [3.63, 3.8) is 0 Å². The molecule has 0 N–H and O–H groups in total. The topological polar surface area (TPSA) is 0 Å². The Morgan fingerprint density at radius 2 is 0.912 bits per heavy atom. The lowest BCUT2D eigenvalue weighted by molar-refractivity contribution is 0.223. The van der Waals surface area contributed by atoms with Crippen LogP contribution in [0.5, 0.6) is 0 Å². The molecule has 0 spiro atoms. The van der Waals surface area contributed by atoms with Gasteiger partial charge in [0.2, 0.25) is 0 Å². The molecule has 0 fully saturated rings. The molecular weight excluding hydrogens is 428 g/mol. The van der Waals surface area contributed by atoms with Gasteiger partial charge in [0.15, 0.2) is 0 Å². The van der Waals surface area contributed by atoms with Gasteiger partial charge in [0, 0.05) is 0 Å². The van der Waals surface area contributed by atoms with Gasteiger partial charge in [0.1, 0.15) is 0 Å². The Labute approximate surface area is 231 Å². The van der Waals surface area contributed by atoms with Gasteiger partial charge in [0.25, 0.3) is 0 Å². The number of rotatable bonds is 8. The largest absolute Gasteiger partial charge is 0.176 e. The van der Waals surface area contributed by atoms with E-state index >= 15 is 0 Å². The Balaban J connectivity index is -0.0000000444. The van der Waals surface area contributed by atoms with Crippen molar-refractivity contribution in [2.24, 2.45) is 23.2 Å². The molecule has 34 heavy (non-hydrogen) atoms. The molecule has 0 aliphatic carbocycles. The molecular formula is C33H82S. The summed E-state index contributed by atoms with van der Waals surface area (Å²) in [5, 5.41) is 0.599. The van der Waals surface area contributed by atoms with Crippen molar-refractivity contribution < 1.29 is 0 Å². The average molecular weight is 511 g/mol. The molecule has 0 aromatic carbocycles. The van der Waals surface area contributed by atoms with Crippen molar-refractivity contribution in [1.29, 1.82) is 0 Å². The Morgan fingerprint density at radius 1 is 0.588 bits per heavy atom. The third kappa shape index (κ3) is 94.4. The van der Waals surface area contributed by atoms with Crippen LogP contribution in [-0.2, 0) is 0 Å². The lowest BCUT2D eigenvalue weighted by atomic mass is 9.77. The van der Waals surface area contributed by atoms with E-state index in [-0.39, 0.29) is 0 Å². The fourth-order valence-corrected chi connectivity index (χ4v) is 2.74. The van der Waals surface area contributed by atoms with E-state index in [4.69, 9.17) is 0 Å². The Bertz CT molecular complexity index is 222. The van der Waals surface area contributed by atoms with Crippen LogP contribution in [0.1, 0.15) is 190 Å². The molecule has 0 saturated heterocycles. The Hall–Kier alpha value is 0.350. The lowest BCUT2D eigenvalue weighted by Crippen LogP contribution is -2.18. The molecule has 0 aliphatic heterocycles. The van der Waals surface area contributed by atoms with Crippen LogP contribution < -0.4 is 0 Å². The summed E-state index contributed by atoms with van der Waals surface area (Å²) >= 11 is 4.27. The maximum atomic E-state index is 4.27. The SMILES string of the molecule is CC.CC.CC.CC.CC.CC(C)C.CCC(C)C(CC)CC(C)(C)C.CCCCCC(C)S. The molecule has 0 nitrogen and oxygen atoms in total. The summed E-state index contributed by atoms with van der Waals surface area (Å²) < 4.78 is 0. The molecule has 0 amide bonds. The van der Waals surface area contributed by atoms with E-state index in [0.717, 1.165) is 17.8 Å². The summed E-state index contributed by atoms with van der Waals surface area (Å²) in [7, 11) is 0. The first-order chi connectivity index (χ1) is 15.9. The van der Waals surface area contributed by atoms with E-state index in [1.165, 1.54) is 44.9 Å². The van der Waals surface area contributed by atoms with Gasteiger partial charge in [-0.05, 0) is 41.3 Å². The van der Waals surface area contributed by atoms with Gasteiger partial charge in [-0.1, -0.05) is 178 Å².